The van der Waals surface area contributed by atoms with Gasteiger partial charge in [-0.2, -0.15) is 0 Å². The normalized spacial score (nSPS) is 19.5. The predicted molar refractivity (Wildman–Crippen MR) is 134 cm³/mol. The molecule has 12 nitrogen and oxygen atoms in total. The van der Waals surface area contributed by atoms with Crippen LogP contribution >= 0.6 is 0 Å². The summed E-state index contributed by atoms with van der Waals surface area (Å²) in [5.74, 6) is 8.27. The van der Waals surface area contributed by atoms with Gasteiger partial charge < -0.3 is 33.7 Å². The van der Waals surface area contributed by atoms with E-state index in [2.05, 4.69) is 17.2 Å². The summed E-state index contributed by atoms with van der Waals surface area (Å²) < 4.78 is 31.2. The van der Waals surface area contributed by atoms with E-state index in [-0.39, 0.29) is 24.7 Å². The molecule has 1 saturated carbocycles. The molecule has 38 heavy (non-hydrogen) atoms. The molecule has 0 spiro atoms. The van der Waals surface area contributed by atoms with Crippen LogP contribution in [0.25, 0.3) is 0 Å². The zero-order chi connectivity index (χ0) is 27.0. The number of carbonyl (C=O) groups is 2. The number of amides is 1. The van der Waals surface area contributed by atoms with E-state index in [1.165, 1.54) is 24.3 Å². The molecule has 208 valence electrons. The standard InChI is InChI=1S/C26H34N2O10/c29-25(37-19-24-22-5-3-1-2-4-6-23(22)24)27-11-12-33-13-14-34-15-16-35-17-18-36-26(30)38-21-9-7-20(8-10-21)28(31)32/h7-10,22-24H,3-6,11-19H2,(H,27,29)/t22-,23+,24?. The lowest BCUT2D eigenvalue weighted by atomic mass is 10.1. The molecule has 3 atom stereocenters. The maximum atomic E-state index is 11.8. The Kier molecular flexibility index (Phi) is 12.6. The first kappa shape index (κ1) is 29.2. The van der Waals surface area contributed by atoms with Crippen LogP contribution in [0.2, 0.25) is 0 Å². The molecule has 0 aliphatic heterocycles. The molecule has 0 saturated heterocycles. The number of non-ortho nitro benzene ring substituents is 1. The van der Waals surface area contributed by atoms with Crippen LogP contribution in [0.3, 0.4) is 0 Å². The van der Waals surface area contributed by atoms with Gasteiger partial charge in [-0.1, -0.05) is 0 Å². The van der Waals surface area contributed by atoms with Crippen LogP contribution in [0.5, 0.6) is 5.75 Å². The third-order valence-electron chi connectivity index (χ3n) is 6.20. The Morgan fingerprint density at radius 3 is 2.05 bits per heavy atom. The Labute approximate surface area is 221 Å². The van der Waals surface area contributed by atoms with E-state index >= 15 is 0 Å². The van der Waals surface area contributed by atoms with Crippen LogP contribution in [-0.2, 0) is 23.7 Å². The van der Waals surface area contributed by atoms with Gasteiger partial charge in [0, 0.05) is 31.5 Å². The molecule has 0 aromatic heterocycles. The number of fused-ring (bicyclic) bond motifs is 1. The maximum Gasteiger partial charge on any atom is 0.513 e. The molecule has 1 aromatic rings. The fraction of sp³-hybridized carbons (Fsp3) is 0.615. The quantitative estimate of drug-likeness (QED) is 0.0837. The number of hydrogen-bond donors (Lipinski definition) is 1. The smallest absolute Gasteiger partial charge is 0.449 e. The molecule has 3 rings (SSSR count). The summed E-state index contributed by atoms with van der Waals surface area (Å²) in [6.07, 6.45) is 2.75. The number of rotatable bonds is 16. The highest BCUT2D eigenvalue weighted by molar-refractivity contribution is 5.67. The van der Waals surface area contributed by atoms with Gasteiger partial charge in [0.1, 0.15) is 12.4 Å². The number of ether oxygens (including phenoxy) is 6. The van der Waals surface area contributed by atoms with Gasteiger partial charge in [0.15, 0.2) is 0 Å². The fourth-order valence-corrected chi connectivity index (χ4v) is 4.22. The zero-order valence-corrected chi connectivity index (χ0v) is 21.3. The number of nitro benzene ring substituents is 1. The Hall–Kier alpha value is -3.40. The number of nitrogens with one attached hydrogen (secondary N) is 1. The first-order valence-electron chi connectivity index (χ1n) is 12.7. The summed E-state index contributed by atoms with van der Waals surface area (Å²) in [6, 6.07) is 5.06. The number of carbonyl (C=O) groups excluding carboxylic acids is 2. The summed E-state index contributed by atoms with van der Waals surface area (Å²) in [6.45, 7) is 2.74. The van der Waals surface area contributed by atoms with E-state index < -0.39 is 17.2 Å². The summed E-state index contributed by atoms with van der Waals surface area (Å²) >= 11 is 0. The Balaban J connectivity index is 1.05. The van der Waals surface area contributed by atoms with Crippen molar-refractivity contribution in [2.24, 2.45) is 17.8 Å². The molecule has 1 fully saturated rings. The summed E-state index contributed by atoms with van der Waals surface area (Å²) in [5, 5.41) is 13.3. The van der Waals surface area contributed by atoms with E-state index in [1.54, 1.807) is 0 Å². The number of benzene rings is 1. The minimum Gasteiger partial charge on any atom is -0.449 e. The lowest BCUT2D eigenvalue weighted by molar-refractivity contribution is -0.384. The number of nitro groups is 1. The third-order valence-corrected chi connectivity index (χ3v) is 6.20. The molecule has 1 amide bonds. The average Bonchev–Trinajstić information content (AvgIpc) is 3.54. The number of hydrogen-bond acceptors (Lipinski definition) is 10. The zero-order valence-electron chi connectivity index (χ0n) is 21.3. The molecule has 2 aliphatic carbocycles. The highest BCUT2D eigenvalue weighted by Crippen LogP contribution is 2.52. The number of nitrogens with zero attached hydrogens (tertiary/aromatic N) is 1. The summed E-state index contributed by atoms with van der Waals surface area (Å²) in [4.78, 5) is 33.5. The van der Waals surface area contributed by atoms with Crippen LogP contribution in [0.4, 0.5) is 15.3 Å². The lowest BCUT2D eigenvalue weighted by Gasteiger charge is -2.09. The largest absolute Gasteiger partial charge is 0.513 e. The lowest BCUT2D eigenvalue weighted by Crippen LogP contribution is -2.29. The van der Waals surface area contributed by atoms with E-state index in [4.69, 9.17) is 28.4 Å². The molecular weight excluding hydrogens is 500 g/mol. The predicted octanol–water partition coefficient (Wildman–Crippen LogP) is 3.33. The highest BCUT2D eigenvalue weighted by Gasteiger charge is 2.49. The van der Waals surface area contributed by atoms with Crippen molar-refractivity contribution >= 4 is 17.9 Å². The topological polar surface area (TPSA) is 145 Å². The summed E-state index contributed by atoms with van der Waals surface area (Å²) in [5.41, 5.74) is -0.106. The highest BCUT2D eigenvalue weighted by atomic mass is 16.7. The summed E-state index contributed by atoms with van der Waals surface area (Å²) in [7, 11) is 0. The second kappa shape index (κ2) is 16.4. The monoisotopic (exact) mass is 534 g/mol. The Morgan fingerprint density at radius 2 is 1.45 bits per heavy atom. The Morgan fingerprint density at radius 1 is 0.868 bits per heavy atom. The van der Waals surface area contributed by atoms with E-state index in [1.807, 2.05) is 0 Å². The van der Waals surface area contributed by atoms with E-state index in [9.17, 15) is 19.7 Å². The van der Waals surface area contributed by atoms with Crippen molar-refractivity contribution in [1.82, 2.24) is 5.32 Å². The van der Waals surface area contributed by atoms with Crippen molar-refractivity contribution in [3.05, 3.63) is 34.4 Å². The molecule has 1 aromatic carbocycles. The van der Waals surface area contributed by atoms with Gasteiger partial charge in [-0.25, -0.2) is 9.59 Å². The van der Waals surface area contributed by atoms with E-state index in [0.717, 1.165) is 25.7 Å². The van der Waals surface area contributed by atoms with E-state index in [0.29, 0.717) is 63.9 Å². The van der Waals surface area contributed by atoms with Crippen molar-refractivity contribution in [1.29, 1.82) is 0 Å². The van der Waals surface area contributed by atoms with Crippen LogP contribution < -0.4 is 10.1 Å². The molecule has 0 bridgehead atoms. The van der Waals surface area contributed by atoms with Crippen molar-refractivity contribution in [3.63, 3.8) is 0 Å². The SMILES string of the molecule is O=C(NCCOCCOCCOCCOC(=O)Oc1ccc([N+](=O)[O-])cc1)OCC1[C@H]2CCC#CCC[C@@H]12. The average molecular weight is 535 g/mol. The molecule has 0 heterocycles. The van der Waals surface area contributed by atoms with Gasteiger partial charge in [-0.05, 0) is 42.7 Å². The van der Waals surface area contributed by atoms with Crippen LogP contribution in [-0.4, -0.2) is 76.6 Å². The second-order valence-corrected chi connectivity index (χ2v) is 8.74. The molecular formula is C26H34N2O10. The van der Waals surface area contributed by atoms with Gasteiger partial charge in [-0.3, -0.25) is 10.1 Å². The van der Waals surface area contributed by atoms with Crippen molar-refractivity contribution in [2.75, 3.05) is 59.4 Å². The molecule has 2 aliphatic rings. The van der Waals surface area contributed by atoms with Crippen LogP contribution in [0.1, 0.15) is 25.7 Å². The van der Waals surface area contributed by atoms with Gasteiger partial charge >= 0.3 is 12.2 Å². The molecule has 0 radical (unpaired) electrons. The maximum absolute atomic E-state index is 11.8. The van der Waals surface area contributed by atoms with Crippen molar-refractivity contribution in [2.45, 2.75) is 25.7 Å². The van der Waals surface area contributed by atoms with Gasteiger partial charge in [0.25, 0.3) is 5.69 Å². The van der Waals surface area contributed by atoms with Crippen LogP contribution in [0, 0.1) is 39.7 Å². The van der Waals surface area contributed by atoms with Crippen molar-refractivity contribution in [3.8, 4) is 17.6 Å². The van der Waals surface area contributed by atoms with Gasteiger partial charge in [0.2, 0.25) is 0 Å². The van der Waals surface area contributed by atoms with Crippen molar-refractivity contribution < 1.29 is 42.9 Å². The molecule has 12 heteroatoms. The second-order valence-electron chi connectivity index (χ2n) is 8.74. The first-order valence-corrected chi connectivity index (χ1v) is 12.7. The molecule has 1 unspecified atom stereocenters. The van der Waals surface area contributed by atoms with Gasteiger partial charge in [0.05, 0.1) is 51.2 Å². The number of alkyl carbamates (subject to hydrolysis) is 1. The fourth-order valence-electron chi connectivity index (χ4n) is 4.22. The minimum atomic E-state index is -0.930. The first-order chi connectivity index (χ1) is 18.5. The molecule has 1 N–H and O–H groups in total. The Bertz CT molecular complexity index is 941. The minimum absolute atomic E-state index is 0.0128. The van der Waals surface area contributed by atoms with Gasteiger partial charge in [-0.15, -0.1) is 11.8 Å². The third kappa shape index (κ3) is 10.9. The van der Waals surface area contributed by atoms with Crippen LogP contribution in [0.15, 0.2) is 24.3 Å².